The molecule has 0 atom stereocenters. The Hall–Kier alpha value is -1.74. The van der Waals surface area contributed by atoms with Gasteiger partial charge in [-0.15, -0.1) is 4.09 Å². The molecular formula is C9H14N4O4S. The van der Waals surface area contributed by atoms with Crippen LogP contribution < -0.4 is 5.32 Å². The van der Waals surface area contributed by atoms with Crippen molar-refractivity contribution in [2.24, 2.45) is 0 Å². The summed E-state index contributed by atoms with van der Waals surface area (Å²) in [6, 6.07) is 0. The highest BCUT2D eigenvalue weighted by Crippen LogP contribution is 2.20. The average molecular weight is 274 g/mol. The molecule has 1 heterocycles. The van der Waals surface area contributed by atoms with E-state index < -0.39 is 16.1 Å². The van der Waals surface area contributed by atoms with Gasteiger partial charge >= 0.3 is 10.2 Å². The minimum absolute atomic E-state index is 0.0294. The lowest BCUT2D eigenvalue weighted by Crippen LogP contribution is -2.31. The van der Waals surface area contributed by atoms with Gasteiger partial charge in [-0.05, 0) is 6.92 Å². The summed E-state index contributed by atoms with van der Waals surface area (Å²) in [7, 11) is -1.25. The van der Waals surface area contributed by atoms with E-state index in [0.717, 1.165) is 4.31 Å². The molecule has 0 saturated heterocycles. The molecule has 0 spiro atoms. The van der Waals surface area contributed by atoms with Crippen molar-refractivity contribution in [1.82, 2.24) is 13.5 Å². The molecule has 0 aliphatic heterocycles. The fourth-order valence-corrected chi connectivity index (χ4v) is 2.14. The third-order valence-corrected chi connectivity index (χ3v) is 3.84. The number of nitrogens with zero attached hydrogens (tertiary/aromatic N) is 3. The third-order valence-electron chi connectivity index (χ3n) is 2.22. The minimum atomic E-state index is -3.90. The van der Waals surface area contributed by atoms with Gasteiger partial charge in [-0.3, -0.25) is 9.59 Å². The van der Waals surface area contributed by atoms with E-state index in [0.29, 0.717) is 15.9 Å². The lowest BCUT2D eigenvalue weighted by molar-refractivity contribution is -0.114. The minimum Gasteiger partial charge on any atom is -0.310 e. The van der Waals surface area contributed by atoms with Crippen LogP contribution in [0.4, 0.5) is 5.82 Å². The third kappa shape index (κ3) is 2.41. The molecule has 0 unspecified atom stereocenters. The van der Waals surface area contributed by atoms with Crippen molar-refractivity contribution < 1.29 is 18.0 Å². The number of hydrogen-bond donors (Lipinski definition) is 1. The van der Waals surface area contributed by atoms with Crippen molar-refractivity contribution in [3.8, 4) is 0 Å². The Kier molecular flexibility index (Phi) is 3.87. The second kappa shape index (κ2) is 4.86. The Morgan fingerprint density at radius 2 is 2.00 bits per heavy atom. The van der Waals surface area contributed by atoms with Gasteiger partial charge in [-0.2, -0.15) is 17.8 Å². The Morgan fingerprint density at radius 3 is 2.39 bits per heavy atom. The van der Waals surface area contributed by atoms with Gasteiger partial charge in [0.1, 0.15) is 5.69 Å². The van der Waals surface area contributed by atoms with Crippen LogP contribution >= 0.6 is 0 Å². The molecule has 100 valence electrons. The van der Waals surface area contributed by atoms with Gasteiger partial charge in [0.25, 0.3) is 0 Å². The standard InChI is InChI=1S/C9H14N4O4S/c1-6-8(5-14)11-13(9(6)10-7(2)15)18(16,17)12(3)4/h5H,1-4H3,(H,10,15). The molecule has 1 aromatic rings. The Balaban J connectivity index is 3.53. The molecular weight excluding hydrogens is 260 g/mol. The van der Waals surface area contributed by atoms with Crippen LogP contribution in [0.5, 0.6) is 0 Å². The first-order valence-corrected chi connectivity index (χ1v) is 6.37. The zero-order chi connectivity index (χ0) is 14.1. The molecule has 1 aromatic heterocycles. The van der Waals surface area contributed by atoms with Gasteiger partial charge in [0.15, 0.2) is 12.1 Å². The Morgan fingerprint density at radius 1 is 1.44 bits per heavy atom. The Bertz CT molecular complexity index is 588. The largest absolute Gasteiger partial charge is 0.324 e. The summed E-state index contributed by atoms with van der Waals surface area (Å²) in [5.74, 6) is -0.482. The summed E-state index contributed by atoms with van der Waals surface area (Å²) < 4.78 is 25.5. The number of rotatable bonds is 4. The molecule has 0 aliphatic carbocycles. The number of anilines is 1. The summed E-state index contributed by atoms with van der Waals surface area (Å²) in [4.78, 5) is 21.8. The van der Waals surface area contributed by atoms with Crippen LogP contribution in [0, 0.1) is 6.92 Å². The smallest absolute Gasteiger partial charge is 0.310 e. The second-order valence-corrected chi connectivity index (χ2v) is 5.76. The molecule has 8 nitrogen and oxygen atoms in total. The Labute approximate surface area is 105 Å². The van der Waals surface area contributed by atoms with Gasteiger partial charge in [-0.25, -0.2) is 0 Å². The lowest BCUT2D eigenvalue weighted by Gasteiger charge is -2.13. The maximum absolute atomic E-state index is 12.0. The topological polar surface area (TPSA) is 101 Å². The van der Waals surface area contributed by atoms with Gasteiger partial charge in [-0.1, -0.05) is 0 Å². The summed E-state index contributed by atoms with van der Waals surface area (Å²) in [5, 5.41) is 6.03. The predicted octanol–water partition coefficient (Wildman–Crippen LogP) is -0.383. The first kappa shape index (κ1) is 14.3. The molecule has 1 amide bonds. The molecule has 0 saturated carbocycles. The molecule has 0 fully saturated rings. The van der Waals surface area contributed by atoms with E-state index >= 15 is 0 Å². The second-order valence-electron chi connectivity index (χ2n) is 3.79. The van der Waals surface area contributed by atoms with Gasteiger partial charge < -0.3 is 5.32 Å². The van der Waals surface area contributed by atoms with Crippen LogP contribution in [0.1, 0.15) is 23.0 Å². The number of carbonyl (C=O) groups excluding carboxylic acids is 2. The van der Waals surface area contributed by atoms with Crippen LogP contribution in [0.15, 0.2) is 0 Å². The number of amides is 1. The van der Waals surface area contributed by atoms with Crippen molar-refractivity contribution >= 4 is 28.2 Å². The summed E-state index contributed by atoms with van der Waals surface area (Å²) >= 11 is 0. The molecule has 18 heavy (non-hydrogen) atoms. The van der Waals surface area contributed by atoms with E-state index in [4.69, 9.17) is 0 Å². The van der Waals surface area contributed by atoms with Gasteiger partial charge in [0.05, 0.1) is 0 Å². The number of aldehydes is 1. The molecule has 0 radical (unpaired) electrons. The highest BCUT2D eigenvalue weighted by atomic mass is 32.2. The zero-order valence-corrected chi connectivity index (χ0v) is 11.3. The maximum Gasteiger partial charge on any atom is 0.324 e. The monoisotopic (exact) mass is 274 g/mol. The fourth-order valence-electron chi connectivity index (χ4n) is 1.23. The molecule has 0 aliphatic rings. The average Bonchev–Trinajstić information content (AvgIpc) is 2.56. The fraction of sp³-hybridized carbons (Fsp3) is 0.444. The SMILES string of the molecule is CC(=O)Nc1c(C)c(C=O)nn1S(=O)(=O)N(C)C. The normalized spacial score (nSPS) is 11.6. The van der Waals surface area contributed by atoms with Crippen molar-refractivity contribution in [2.75, 3.05) is 19.4 Å². The number of hydrogen-bond acceptors (Lipinski definition) is 5. The van der Waals surface area contributed by atoms with E-state index in [1.165, 1.54) is 27.9 Å². The van der Waals surface area contributed by atoms with Crippen LogP contribution in [0.2, 0.25) is 0 Å². The van der Waals surface area contributed by atoms with E-state index in [1.807, 2.05) is 0 Å². The molecule has 0 aromatic carbocycles. The van der Waals surface area contributed by atoms with Crippen LogP contribution in [0.3, 0.4) is 0 Å². The quantitative estimate of drug-likeness (QED) is 0.754. The van der Waals surface area contributed by atoms with Crippen LogP contribution in [0.25, 0.3) is 0 Å². The van der Waals surface area contributed by atoms with E-state index in [9.17, 15) is 18.0 Å². The van der Waals surface area contributed by atoms with E-state index in [2.05, 4.69) is 10.4 Å². The maximum atomic E-state index is 12.0. The highest BCUT2D eigenvalue weighted by molar-refractivity contribution is 7.87. The first-order valence-electron chi connectivity index (χ1n) is 4.97. The predicted molar refractivity (Wildman–Crippen MR) is 64.7 cm³/mol. The number of aromatic nitrogens is 2. The zero-order valence-electron chi connectivity index (χ0n) is 10.5. The van der Waals surface area contributed by atoms with Crippen molar-refractivity contribution in [3.63, 3.8) is 0 Å². The van der Waals surface area contributed by atoms with Crippen molar-refractivity contribution in [3.05, 3.63) is 11.3 Å². The van der Waals surface area contributed by atoms with Crippen LogP contribution in [-0.4, -0.2) is 48.2 Å². The summed E-state index contributed by atoms with van der Waals surface area (Å²) in [5.41, 5.74) is 0.259. The molecule has 9 heteroatoms. The van der Waals surface area contributed by atoms with Gasteiger partial charge in [0, 0.05) is 26.6 Å². The summed E-state index contributed by atoms with van der Waals surface area (Å²) in [6.07, 6.45) is 0.433. The van der Waals surface area contributed by atoms with Crippen molar-refractivity contribution in [2.45, 2.75) is 13.8 Å². The molecule has 1 N–H and O–H groups in total. The summed E-state index contributed by atoms with van der Waals surface area (Å²) in [6.45, 7) is 2.74. The molecule has 0 bridgehead atoms. The lowest BCUT2D eigenvalue weighted by atomic mass is 10.3. The van der Waals surface area contributed by atoms with E-state index in [-0.39, 0.29) is 11.5 Å². The van der Waals surface area contributed by atoms with Crippen molar-refractivity contribution in [1.29, 1.82) is 0 Å². The first-order chi connectivity index (χ1) is 8.21. The van der Waals surface area contributed by atoms with E-state index in [1.54, 1.807) is 0 Å². The number of nitrogens with one attached hydrogen (secondary N) is 1. The highest BCUT2D eigenvalue weighted by Gasteiger charge is 2.25. The molecule has 1 rings (SSSR count). The number of carbonyl (C=O) groups is 2. The van der Waals surface area contributed by atoms with Gasteiger partial charge in [0.2, 0.25) is 5.91 Å². The van der Waals surface area contributed by atoms with Crippen LogP contribution in [-0.2, 0) is 15.0 Å².